The van der Waals surface area contributed by atoms with Gasteiger partial charge in [-0.15, -0.1) is 0 Å². The lowest BCUT2D eigenvalue weighted by atomic mass is 9.86. The molecule has 1 N–H and O–H groups in total. The second-order valence-electron chi connectivity index (χ2n) is 10.1. The van der Waals surface area contributed by atoms with E-state index in [0.29, 0.717) is 5.92 Å². The Hall–Kier alpha value is -1.66. The van der Waals surface area contributed by atoms with E-state index in [1.807, 2.05) is 12.4 Å². The third-order valence-electron chi connectivity index (χ3n) is 7.33. The molecular weight excluding hydrogens is 372 g/mol. The van der Waals surface area contributed by atoms with E-state index >= 15 is 0 Å². The molecule has 2 aromatic rings. The highest BCUT2D eigenvalue weighted by Gasteiger charge is 2.26. The molecule has 3 unspecified atom stereocenters. The molecule has 4 rings (SSSR count). The molecule has 4 heterocycles. The van der Waals surface area contributed by atoms with Crippen molar-refractivity contribution in [2.75, 3.05) is 26.2 Å². The molecule has 0 bridgehead atoms. The van der Waals surface area contributed by atoms with Gasteiger partial charge in [0.25, 0.3) is 0 Å². The number of imidazole rings is 2. The van der Waals surface area contributed by atoms with Crippen LogP contribution in [0, 0.1) is 23.7 Å². The molecule has 2 aliphatic rings. The van der Waals surface area contributed by atoms with Crippen molar-refractivity contribution in [2.45, 2.75) is 66.1 Å². The molecule has 3 atom stereocenters. The van der Waals surface area contributed by atoms with Crippen molar-refractivity contribution >= 4 is 0 Å². The summed E-state index contributed by atoms with van der Waals surface area (Å²) in [4.78, 5) is 17.6. The van der Waals surface area contributed by atoms with Crippen LogP contribution in [0.2, 0.25) is 0 Å². The molecule has 30 heavy (non-hydrogen) atoms. The zero-order chi connectivity index (χ0) is 20.9. The first-order valence-corrected chi connectivity index (χ1v) is 12.0. The molecule has 6 heteroatoms. The maximum absolute atomic E-state index is 4.74. The van der Waals surface area contributed by atoms with Crippen LogP contribution < -0.4 is 0 Å². The van der Waals surface area contributed by atoms with Gasteiger partial charge in [-0.05, 0) is 62.4 Å². The summed E-state index contributed by atoms with van der Waals surface area (Å²) in [7, 11) is 0. The van der Waals surface area contributed by atoms with E-state index in [1.54, 1.807) is 0 Å². The highest BCUT2D eigenvalue weighted by molar-refractivity contribution is 4.98. The summed E-state index contributed by atoms with van der Waals surface area (Å²) in [5, 5.41) is 0. The summed E-state index contributed by atoms with van der Waals surface area (Å²) in [6.45, 7) is 15.0. The van der Waals surface area contributed by atoms with Crippen molar-refractivity contribution < 1.29 is 0 Å². The first kappa shape index (κ1) is 21.6. The number of piperidine rings is 2. The number of likely N-dealkylation sites (tertiary alicyclic amines) is 2. The van der Waals surface area contributed by atoms with Crippen molar-refractivity contribution in [1.82, 2.24) is 29.3 Å². The SMILES string of the molecule is CC(C)C1CCCN(Cc2cn(CC(C)C3CCCN(Cc4ncc[nH]4)C3)cn2)C1. The fraction of sp³-hybridized carbons (Fsp3) is 0.750. The lowest BCUT2D eigenvalue weighted by Gasteiger charge is -2.35. The molecule has 2 fully saturated rings. The van der Waals surface area contributed by atoms with Crippen molar-refractivity contribution in [1.29, 1.82) is 0 Å². The Morgan fingerprint density at radius 2 is 1.73 bits per heavy atom. The number of nitrogens with zero attached hydrogens (tertiary/aromatic N) is 5. The summed E-state index contributed by atoms with van der Waals surface area (Å²) in [5.41, 5.74) is 1.23. The summed E-state index contributed by atoms with van der Waals surface area (Å²) in [5.74, 6) is 4.12. The predicted octanol–water partition coefficient (Wildman–Crippen LogP) is 4.02. The molecule has 2 aromatic heterocycles. The Morgan fingerprint density at radius 1 is 1.00 bits per heavy atom. The molecule has 6 nitrogen and oxygen atoms in total. The van der Waals surface area contributed by atoms with Crippen LogP contribution in [0.5, 0.6) is 0 Å². The minimum absolute atomic E-state index is 0.659. The molecule has 0 spiro atoms. The van der Waals surface area contributed by atoms with Crippen LogP contribution in [0.4, 0.5) is 0 Å². The van der Waals surface area contributed by atoms with Gasteiger partial charge in [-0.1, -0.05) is 20.8 Å². The Kier molecular flexibility index (Phi) is 7.26. The first-order chi connectivity index (χ1) is 14.6. The topological polar surface area (TPSA) is 53.0 Å². The molecular formula is C24H40N6. The Morgan fingerprint density at radius 3 is 2.47 bits per heavy atom. The number of hydrogen-bond donors (Lipinski definition) is 1. The molecule has 0 amide bonds. The van der Waals surface area contributed by atoms with E-state index in [2.05, 4.69) is 57.6 Å². The molecule has 2 saturated heterocycles. The van der Waals surface area contributed by atoms with Gasteiger partial charge >= 0.3 is 0 Å². The molecule has 0 aliphatic carbocycles. The first-order valence-electron chi connectivity index (χ1n) is 12.0. The smallest absolute Gasteiger partial charge is 0.120 e. The van der Waals surface area contributed by atoms with Crippen molar-refractivity contribution in [3.05, 3.63) is 36.4 Å². The quantitative estimate of drug-likeness (QED) is 0.711. The second-order valence-corrected chi connectivity index (χ2v) is 10.1. The van der Waals surface area contributed by atoms with Crippen LogP contribution in [0.25, 0.3) is 0 Å². The van der Waals surface area contributed by atoms with E-state index in [0.717, 1.165) is 43.2 Å². The van der Waals surface area contributed by atoms with Gasteiger partial charge < -0.3 is 9.55 Å². The summed E-state index contributed by atoms with van der Waals surface area (Å²) in [6.07, 6.45) is 13.5. The van der Waals surface area contributed by atoms with Crippen molar-refractivity contribution in [3.63, 3.8) is 0 Å². The van der Waals surface area contributed by atoms with Crippen LogP contribution in [-0.4, -0.2) is 55.5 Å². The number of nitrogens with one attached hydrogen (secondary N) is 1. The maximum Gasteiger partial charge on any atom is 0.120 e. The van der Waals surface area contributed by atoms with Gasteiger partial charge in [-0.2, -0.15) is 0 Å². The molecule has 0 saturated carbocycles. The number of H-pyrrole nitrogens is 1. The van der Waals surface area contributed by atoms with Gasteiger partial charge in [0, 0.05) is 44.8 Å². The van der Waals surface area contributed by atoms with Gasteiger partial charge in [0.1, 0.15) is 5.82 Å². The van der Waals surface area contributed by atoms with Gasteiger partial charge in [0.15, 0.2) is 0 Å². The van der Waals surface area contributed by atoms with Crippen molar-refractivity contribution in [2.24, 2.45) is 23.7 Å². The second kappa shape index (κ2) is 10.1. The van der Waals surface area contributed by atoms with E-state index in [1.165, 1.54) is 57.6 Å². The average molecular weight is 413 g/mol. The standard InChI is InChI=1S/C24H40N6/c1-19(2)21-6-4-10-28(13-21)15-23-16-30(18-27-23)12-20(3)22-7-5-11-29(14-22)17-24-25-8-9-26-24/h8-9,16,18-22H,4-7,10-15,17H2,1-3H3,(H,25,26). The Bertz CT molecular complexity index is 752. The minimum atomic E-state index is 0.659. The van der Waals surface area contributed by atoms with Crippen LogP contribution in [-0.2, 0) is 19.6 Å². The van der Waals surface area contributed by atoms with E-state index in [4.69, 9.17) is 4.98 Å². The number of hydrogen-bond acceptors (Lipinski definition) is 4. The lowest BCUT2D eigenvalue weighted by molar-refractivity contribution is 0.124. The fourth-order valence-electron chi connectivity index (χ4n) is 5.37. The largest absolute Gasteiger partial charge is 0.348 e. The molecule has 2 aliphatic heterocycles. The van der Waals surface area contributed by atoms with Gasteiger partial charge in [0.2, 0.25) is 0 Å². The van der Waals surface area contributed by atoms with E-state index in [9.17, 15) is 0 Å². The van der Waals surface area contributed by atoms with Gasteiger partial charge in [0.05, 0.1) is 18.6 Å². The normalized spacial score (nSPS) is 25.1. The average Bonchev–Trinajstić information content (AvgIpc) is 3.40. The summed E-state index contributed by atoms with van der Waals surface area (Å²) in [6, 6.07) is 0. The highest BCUT2D eigenvalue weighted by atomic mass is 15.2. The van der Waals surface area contributed by atoms with Crippen molar-refractivity contribution in [3.8, 4) is 0 Å². The van der Waals surface area contributed by atoms with Gasteiger partial charge in [-0.25, -0.2) is 9.97 Å². The van der Waals surface area contributed by atoms with Crippen LogP contribution in [0.15, 0.2) is 24.9 Å². The number of rotatable bonds is 8. The lowest BCUT2D eigenvalue weighted by Crippen LogP contribution is -2.38. The van der Waals surface area contributed by atoms with Gasteiger partial charge in [-0.3, -0.25) is 9.80 Å². The Balaban J connectivity index is 1.26. The number of aromatic nitrogens is 4. The zero-order valence-electron chi connectivity index (χ0n) is 19.1. The zero-order valence-corrected chi connectivity index (χ0v) is 19.1. The number of aromatic amines is 1. The third kappa shape index (κ3) is 5.73. The van der Waals surface area contributed by atoms with Crippen LogP contribution in [0.3, 0.4) is 0 Å². The van der Waals surface area contributed by atoms with E-state index < -0.39 is 0 Å². The van der Waals surface area contributed by atoms with Crippen LogP contribution >= 0.6 is 0 Å². The predicted molar refractivity (Wildman–Crippen MR) is 121 cm³/mol. The fourth-order valence-corrected chi connectivity index (χ4v) is 5.37. The molecule has 166 valence electrons. The van der Waals surface area contributed by atoms with E-state index in [-0.39, 0.29) is 0 Å². The molecule has 0 aromatic carbocycles. The highest BCUT2D eigenvalue weighted by Crippen LogP contribution is 2.27. The summed E-state index contributed by atoms with van der Waals surface area (Å²) >= 11 is 0. The van der Waals surface area contributed by atoms with Crippen LogP contribution in [0.1, 0.15) is 58.0 Å². The third-order valence-corrected chi connectivity index (χ3v) is 7.33. The summed E-state index contributed by atoms with van der Waals surface area (Å²) < 4.78 is 2.33. The minimum Gasteiger partial charge on any atom is -0.348 e. The molecule has 0 radical (unpaired) electrons. The Labute approximate surface area is 182 Å². The monoisotopic (exact) mass is 412 g/mol. The maximum atomic E-state index is 4.74.